The molecule has 2 atom stereocenters. The van der Waals surface area contributed by atoms with Crippen LogP contribution in [-0.2, 0) is 4.79 Å². The van der Waals surface area contributed by atoms with Gasteiger partial charge in [-0.15, -0.1) is 11.3 Å². The average Bonchev–Trinajstić information content (AvgIpc) is 3.07. The first kappa shape index (κ1) is 17.7. The molecule has 2 rings (SSSR count). The largest absolute Gasteiger partial charge is 0.354 e. The lowest BCUT2D eigenvalue weighted by molar-refractivity contribution is -0.123. The van der Waals surface area contributed by atoms with Crippen molar-refractivity contribution in [2.24, 2.45) is 0 Å². The van der Waals surface area contributed by atoms with E-state index in [-0.39, 0.29) is 17.9 Å². The van der Waals surface area contributed by atoms with Crippen LogP contribution in [0.15, 0.2) is 47.8 Å². The van der Waals surface area contributed by atoms with E-state index in [1.807, 2.05) is 30.3 Å². The molecule has 0 bridgehead atoms. The van der Waals surface area contributed by atoms with Gasteiger partial charge in [0.25, 0.3) is 0 Å². The zero-order valence-electron chi connectivity index (χ0n) is 14.2. The highest BCUT2D eigenvalue weighted by atomic mass is 32.1. The third kappa shape index (κ3) is 4.91. The first-order valence-corrected chi connectivity index (χ1v) is 9.04. The lowest BCUT2D eigenvalue weighted by atomic mass is 9.93. The lowest BCUT2D eigenvalue weighted by Crippen LogP contribution is -2.36. The Hall–Kier alpha value is -1.65. The summed E-state index contributed by atoms with van der Waals surface area (Å²) in [6, 6.07) is 14.5. The molecule has 0 unspecified atom stereocenters. The van der Waals surface area contributed by atoms with Crippen LogP contribution < -0.4 is 5.32 Å². The molecule has 23 heavy (non-hydrogen) atoms. The van der Waals surface area contributed by atoms with Crippen molar-refractivity contribution >= 4 is 17.2 Å². The van der Waals surface area contributed by atoms with E-state index in [1.54, 1.807) is 11.3 Å². The molecule has 0 fully saturated rings. The van der Waals surface area contributed by atoms with Gasteiger partial charge in [0.05, 0.1) is 12.0 Å². The van der Waals surface area contributed by atoms with Crippen LogP contribution in [-0.4, -0.2) is 31.4 Å². The van der Waals surface area contributed by atoms with Crippen LogP contribution in [0, 0.1) is 0 Å². The number of likely N-dealkylation sites (N-methyl/N-ethyl adjacent to an activating group) is 1. The number of hydrogen-bond acceptors (Lipinski definition) is 3. The smallest absolute Gasteiger partial charge is 0.227 e. The van der Waals surface area contributed by atoms with E-state index >= 15 is 0 Å². The Balaban J connectivity index is 2.03. The molecule has 0 radical (unpaired) electrons. The summed E-state index contributed by atoms with van der Waals surface area (Å²) in [6.45, 7) is 2.76. The zero-order chi connectivity index (χ0) is 16.7. The van der Waals surface area contributed by atoms with E-state index in [2.05, 4.69) is 48.7 Å². The fourth-order valence-corrected chi connectivity index (χ4v) is 3.68. The molecular weight excluding hydrogens is 304 g/mol. The zero-order valence-corrected chi connectivity index (χ0v) is 15.0. The summed E-state index contributed by atoms with van der Waals surface area (Å²) < 4.78 is 0. The fraction of sp³-hybridized carbons (Fsp3) is 0.421. The molecule has 3 nitrogen and oxygen atoms in total. The second-order valence-electron chi connectivity index (χ2n) is 5.99. The number of thiophene rings is 1. The number of benzene rings is 1. The minimum absolute atomic E-state index is 0.0626. The molecule has 0 spiro atoms. The predicted octanol–water partition coefficient (Wildman–Crippen LogP) is 4.05. The SMILES string of the molecule is CCC[C@H](C(=O)NC[C@H](c1cccs1)N(C)C)c1ccccc1. The number of rotatable bonds is 8. The van der Waals surface area contributed by atoms with E-state index in [4.69, 9.17) is 0 Å². The quantitative estimate of drug-likeness (QED) is 0.792. The summed E-state index contributed by atoms with van der Waals surface area (Å²) >= 11 is 1.73. The van der Waals surface area contributed by atoms with Crippen molar-refractivity contribution in [2.75, 3.05) is 20.6 Å². The first-order valence-electron chi connectivity index (χ1n) is 8.16. The fourth-order valence-electron chi connectivity index (χ4n) is 2.76. The Bertz CT molecular complexity index is 581. The molecule has 4 heteroatoms. The number of carbonyl (C=O) groups excluding carboxylic acids is 1. The van der Waals surface area contributed by atoms with Crippen LogP contribution in [0.5, 0.6) is 0 Å². The minimum atomic E-state index is -0.0626. The molecule has 2 aromatic rings. The Kier molecular flexibility index (Phi) is 6.81. The van der Waals surface area contributed by atoms with Gasteiger partial charge in [0, 0.05) is 11.4 Å². The topological polar surface area (TPSA) is 32.3 Å². The standard InChI is InChI=1S/C19H26N2OS/c1-4-9-16(15-10-6-5-7-11-15)19(22)20-14-17(21(2)3)18-12-8-13-23-18/h5-8,10-13,16-17H,4,9,14H2,1-3H3,(H,20,22)/t16-,17+/m0/s1. The van der Waals surface area contributed by atoms with E-state index in [9.17, 15) is 4.79 Å². The Morgan fingerprint density at radius 2 is 1.91 bits per heavy atom. The third-order valence-electron chi connectivity index (χ3n) is 4.06. The van der Waals surface area contributed by atoms with Crippen LogP contribution in [0.2, 0.25) is 0 Å². The number of hydrogen-bond donors (Lipinski definition) is 1. The van der Waals surface area contributed by atoms with Gasteiger partial charge in [-0.3, -0.25) is 4.79 Å². The summed E-state index contributed by atoms with van der Waals surface area (Å²) in [5, 5.41) is 5.24. The number of nitrogens with one attached hydrogen (secondary N) is 1. The highest BCUT2D eigenvalue weighted by Gasteiger charge is 2.22. The van der Waals surface area contributed by atoms with E-state index in [0.717, 1.165) is 18.4 Å². The van der Waals surface area contributed by atoms with Gasteiger partial charge in [-0.25, -0.2) is 0 Å². The normalized spacial score (nSPS) is 13.7. The molecule has 0 saturated carbocycles. The van der Waals surface area contributed by atoms with Gasteiger partial charge < -0.3 is 10.2 Å². The molecule has 0 aliphatic carbocycles. The summed E-state index contributed by atoms with van der Waals surface area (Å²) in [6.07, 6.45) is 1.87. The molecule has 1 heterocycles. The van der Waals surface area contributed by atoms with Crippen LogP contribution in [0.4, 0.5) is 0 Å². The predicted molar refractivity (Wildman–Crippen MR) is 97.8 cm³/mol. The maximum Gasteiger partial charge on any atom is 0.227 e. The van der Waals surface area contributed by atoms with Crippen molar-refractivity contribution in [1.29, 1.82) is 0 Å². The van der Waals surface area contributed by atoms with Gasteiger partial charge >= 0.3 is 0 Å². The van der Waals surface area contributed by atoms with Crippen molar-refractivity contribution in [3.63, 3.8) is 0 Å². The lowest BCUT2D eigenvalue weighted by Gasteiger charge is -2.25. The van der Waals surface area contributed by atoms with E-state index in [1.165, 1.54) is 4.88 Å². The molecule has 1 aromatic heterocycles. The van der Waals surface area contributed by atoms with Crippen molar-refractivity contribution in [3.8, 4) is 0 Å². The van der Waals surface area contributed by atoms with Crippen LogP contribution in [0.3, 0.4) is 0 Å². The summed E-state index contributed by atoms with van der Waals surface area (Å²) in [5.41, 5.74) is 1.10. The summed E-state index contributed by atoms with van der Waals surface area (Å²) in [5.74, 6) is 0.0637. The summed E-state index contributed by atoms with van der Waals surface area (Å²) in [4.78, 5) is 16.1. The van der Waals surface area contributed by atoms with Crippen molar-refractivity contribution in [2.45, 2.75) is 31.7 Å². The van der Waals surface area contributed by atoms with Crippen LogP contribution in [0.1, 0.15) is 42.2 Å². The van der Waals surface area contributed by atoms with Gasteiger partial charge in [0.15, 0.2) is 0 Å². The highest BCUT2D eigenvalue weighted by molar-refractivity contribution is 7.10. The number of amides is 1. The second kappa shape index (κ2) is 8.85. The number of carbonyl (C=O) groups is 1. The second-order valence-corrected chi connectivity index (χ2v) is 6.97. The van der Waals surface area contributed by atoms with Gasteiger partial charge in [-0.2, -0.15) is 0 Å². The third-order valence-corrected chi connectivity index (χ3v) is 5.03. The monoisotopic (exact) mass is 330 g/mol. The average molecular weight is 330 g/mol. The van der Waals surface area contributed by atoms with Gasteiger partial charge in [-0.05, 0) is 37.5 Å². The maximum atomic E-state index is 12.7. The molecule has 1 aromatic carbocycles. The maximum absolute atomic E-state index is 12.7. The van der Waals surface area contributed by atoms with Gasteiger partial charge in [-0.1, -0.05) is 49.7 Å². The molecule has 1 amide bonds. The highest BCUT2D eigenvalue weighted by Crippen LogP contribution is 2.24. The van der Waals surface area contributed by atoms with Crippen LogP contribution >= 0.6 is 11.3 Å². The van der Waals surface area contributed by atoms with Crippen molar-refractivity contribution < 1.29 is 4.79 Å². The molecular formula is C19H26N2OS. The molecule has 1 N–H and O–H groups in total. The van der Waals surface area contributed by atoms with Gasteiger partial charge in [0.1, 0.15) is 0 Å². The Morgan fingerprint density at radius 3 is 2.48 bits per heavy atom. The van der Waals surface area contributed by atoms with Crippen molar-refractivity contribution in [1.82, 2.24) is 10.2 Å². The Labute approximate surface area is 143 Å². The van der Waals surface area contributed by atoms with Crippen molar-refractivity contribution in [3.05, 3.63) is 58.3 Å². The number of nitrogens with zero attached hydrogens (tertiary/aromatic N) is 1. The van der Waals surface area contributed by atoms with E-state index in [0.29, 0.717) is 6.54 Å². The molecule has 0 aliphatic rings. The first-order chi connectivity index (χ1) is 11.1. The minimum Gasteiger partial charge on any atom is -0.354 e. The molecule has 0 aliphatic heterocycles. The summed E-state index contributed by atoms with van der Waals surface area (Å²) in [7, 11) is 4.11. The molecule has 0 saturated heterocycles. The Morgan fingerprint density at radius 1 is 1.17 bits per heavy atom. The van der Waals surface area contributed by atoms with E-state index < -0.39 is 0 Å². The molecule has 124 valence electrons. The van der Waals surface area contributed by atoms with Gasteiger partial charge in [0.2, 0.25) is 5.91 Å². The van der Waals surface area contributed by atoms with Crippen LogP contribution in [0.25, 0.3) is 0 Å².